The van der Waals surface area contributed by atoms with Gasteiger partial charge in [0, 0.05) is 45.9 Å². The van der Waals surface area contributed by atoms with Gasteiger partial charge in [0.2, 0.25) is 0 Å². The summed E-state index contributed by atoms with van der Waals surface area (Å²) >= 11 is 0. The molecule has 0 saturated heterocycles. The normalized spacial score (nSPS) is 11.7. The molecular weight excluding hydrogens is 244 g/mol. The Morgan fingerprint density at radius 1 is 0.895 bits per heavy atom. The number of hydrogen-bond acceptors (Lipinski definition) is 6. The third-order valence-electron chi connectivity index (χ3n) is 2.96. The molecule has 0 fully saturated rings. The molecule has 0 aliphatic rings. The first-order chi connectivity index (χ1) is 9.24. The van der Waals surface area contributed by atoms with E-state index in [1.54, 1.807) is 0 Å². The molecule has 0 aromatic rings. The lowest BCUT2D eigenvalue weighted by Crippen LogP contribution is -2.37. The molecule has 0 aliphatic heterocycles. The average Bonchev–Trinajstić information content (AvgIpc) is 2.40. The average molecular weight is 276 g/mol. The van der Waals surface area contributed by atoms with Crippen LogP contribution in [0.25, 0.3) is 0 Å². The summed E-state index contributed by atoms with van der Waals surface area (Å²) in [6.07, 6.45) is 2.90. The van der Waals surface area contributed by atoms with Crippen molar-refractivity contribution in [1.82, 2.24) is 15.2 Å². The number of nitrogens with one attached hydrogen (secondary N) is 1. The van der Waals surface area contributed by atoms with Crippen molar-refractivity contribution in [3.05, 3.63) is 0 Å². The zero-order chi connectivity index (χ0) is 14.3. The molecule has 6 nitrogen and oxygen atoms in total. The van der Waals surface area contributed by atoms with Gasteiger partial charge in [-0.3, -0.25) is 10.7 Å². The number of nitrogens with two attached hydrogens (primary N) is 1. The molecule has 0 heterocycles. The number of rotatable bonds is 14. The van der Waals surface area contributed by atoms with E-state index in [-0.39, 0.29) is 13.2 Å². The standard InChI is InChI=1S/C13H32N4O2/c1-2-7-17(14)9-3-5-15-6-10-16(11-13-19)8-4-12-18/h15,18-19H,2-14H2,1H3. The van der Waals surface area contributed by atoms with Gasteiger partial charge in [0.1, 0.15) is 0 Å². The highest BCUT2D eigenvalue weighted by molar-refractivity contribution is 4.60. The van der Waals surface area contributed by atoms with E-state index >= 15 is 0 Å². The first-order valence-electron chi connectivity index (χ1n) is 7.39. The minimum absolute atomic E-state index is 0.171. The van der Waals surface area contributed by atoms with E-state index in [2.05, 4.69) is 17.1 Å². The number of aliphatic hydroxyl groups excluding tert-OH is 2. The Balaban J connectivity index is 3.43. The van der Waals surface area contributed by atoms with Crippen LogP contribution in [0.4, 0.5) is 0 Å². The highest BCUT2D eigenvalue weighted by Gasteiger charge is 2.03. The summed E-state index contributed by atoms with van der Waals surface area (Å²) in [5, 5.41) is 23.0. The number of hydrazine groups is 1. The summed E-state index contributed by atoms with van der Waals surface area (Å²) in [6.45, 7) is 8.66. The van der Waals surface area contributed by atoms with Crippen molar-refractivity contribution in [3.63, 3.8) is 0 Å². The lowest BCUT2D eigenvalue weighted by molar-refractivity contribution is 0.179. The lowest BCUT2D eigenvalue weighted by atomic mass is 10.3. The fourth-order valence-corrected chi connectivity index (χ4v) is 1.94. The van der Waals surface area contributed by atoms with Crippen LogP contribution in [0.3, 0.4) is 0 Å². The molecule has 0 atom stereocenters. The maximum absolute atomic E-state index is 8.94. The van der Waals surface area contributed by atoms with Crippen LogP contribution < -0.4 is 11.2 Å². The Hall–Kier alpha value is -0.240. The second-order valence-corrected chi connectivity index (χ2v) is 4.78. The highest BCUT2D eigenvalue weighted by atomic mass is 16.3. The minimum atomic E-state index is 0.171. The van der Waals surface area contributed by atoms with E-state index in [0.29, 0.717) is 6.54 Å². The van der Waals surface area contributed by atoms with Crippen molar-refractivity contribution in [3.8, 4) is 0 Å². The highest BCUT2D eigenvalue weighted by Crippen LogP contribution is 1.90. The molecule has 0 aromatic carbocycles. The maximum atomic E-state index is 8.94. The summed E-state index contributed by atoms with van der Waals surface area (Å²) in [5.74, 6) is 5.79. The van der Waals surface area contributed by atoms with Crippen molar-refractivity contribution in [1.29, 1.82) is 0 Å². The maximum Gasteiger partial charge on any atom is 0.0558 e. The van der Waals surface area contributed by atoms with Crippen LogP contribution in [0.15, 0.2) is 0 Å². The molecule has 0 bridgehead atoms. The molecule has 6 heteroatoms. The van der Waals surface area contributed by atoms with Gasteiger partial charge in [-0.2, -0.15) is 0 Å². The van der Waals surface area contributed by atoms with Crippen molar-refractivity contribution in [2.75, 3.05) is 59.0 Å². The van der Waals surface area contributed by atoms with E-state index in [9.17, 15) is 0 Å². The molecule has 19 heavy (non-hydrogen) atoms. The lowest BCUT2D eigenvalue weighted by Gasteiger charge is -2.21. The summed E-state index contributed by atoms with van der Waals surface area (Å²) in [7, 11) is 0. The molecule has 0 amide bonds. The van der Waals surface area contributed by atoms with Gasteiger partial charge in [-0.15, -0.1) is 0 Å². The van der Waals surface area contributed by atoms with Crippen LogP contribution in [0.5, 0.6) is 0 Å². The summed E-state index contributed by atoms with van der Waals surface area (Å²) in [6, 6.07) is 0. The Bertz CT molecular complexity index is 184. The van der Waals surface area contributed by atoms with E-state index in [1.165, 1.54) is 0 Å². The summed E-state index contributed by atoms with van der Waals surface area (Å²) in [4.78, 5) is 2.16. The third kappa shape index (κ3) is 12.5. The van der Waals surface area contributed by atoms with Gasteiger partial charge < -0.3 is 15.5 Å². The van der Waals surface area contributed by atoms with Crippen LogP contribution in [0, 0.1) is 0 Å². The van der Waals surface area contributed by atoms with E-state index in [1.807, 2.05) is 5.01 Å². The van der Waals surface area contributed by atoms with Gasteiger partial charge >= 0.3 is 0 Å². The molecule has 5 N–H and O–H groups in total. The largest absolute Gasteiger partial charge is 0.396 e. The van der Waals surface area contributed by atoms with E-state index < -0.39 is 0 Å². The third-order valence-corrected chi connectivity index (χ3v) is 2.96. The Labute approximate surface area is 117 Å². The molecule has 0 rings (SSSR count). The fourth-order valence-electron chi connectivity index (χ4n) is 1.94. The van der Waals surface area contributed by atoms with Crippen LogP contribution in [0.1, 0.15) is 26.2 Å². The smallest absolute Gasteiger partial charge is 0.0558 e. The second kappa shape index (κ2) is 14.2. The van der Waals surface area contributed by atoms with Crippen molar-refractivity contribution >= 4 is 0 Å². The molecule has 0 saturated carbocycles. The van der Waals surface area contributed by atoms with Crippen molar-refractivity contribution in [2.45, 2.75) is 26.2 Å². The zero-order valence-electron chi connectivity index (χ0n) is 12.4. The van der Waals surface area contributed by atoms with Gasteiger partial charge in [-0.05, 0) is 25.8 Å². The molecule has 116 valence electrons. The molecule has 0 unspecified atom stereocenters. The first kappa shape index (κ1) is 18.8. The fraction of sp³-hybridized carbons (Fsp3) is 1.00. The summed E-state index contributed by atoms with van der Waals surface area (Å²) < 4.78 is 0. The first-order valence-corrected chi connectivity index (χ1v) is 7.39. The SMILES string of the molecule is CCCN(N)CCCNCCN(CCO)CCCO. The molecule has 0 aliphatic carbocycles. The van der Waals surface area contributed by atoms with Crippen LogP contribution >= 0.6 is 0 Å². The Morgan fingerprint density at radius 3 is 2.32 bits per heavy atom. The summed E-state index contributed by atoms with van der Waals surface area (Å²) in [5.41, 5.74) is 0. The van der Waals surface area contributed by atoms with Gasteiger partial charge in [-0.1, -0.05) is 6.92 Å². The Kier molecular flexibility index (Phi) is 14.0. The monoisotopic (exact) mass is 276 g/mol. The van der Waals surface area contributed by atoms with Gasteiger partial charge in [0.15, 0.2) is 0 Å². The predicted octanol–water partition coefficient (Wildman–Crippen LogP) is -0.771. The number of aliphatic hydroxyl groups is 2. The van der Waals surface area contributed by atoms with Crippen LogP contribution in [-0.4, -0.2) is 79.1 Å². The van der Waals surface area contributed by atoms with Gasteiger partial charge in [-0.25, -0.2) is 5.01 Å². The topological polar surface area (TPSA) is 85.0 Å². The van der Waals surface area contributed by atoms with Gasteiger partial charge in [0.25, 0.3) is 0 Å². The second-order valence-electron chi connectivity index (χ2n) is 4.78. The van der Waals surface area contributed by atoms with Crippen molar-refractivity contribution in [2.24, 2.45) is 5.84 Å². The quantitative estimate of drug-likeness (QED) is 0.189. The molecule has 0 radical (unpaired) electrons. The minimum Gasteiger partial charge on any atom is -0.396 e. The molecule has 0 spiro atoms. The number of hydrogen-bond donors (Lipinski definition) is 4. The van der Waals surface area contributed by atoms with E-state index in [4.69, 9.17) is 16.1 Å². The van der Waals surface area contributed by atoms with Gasteiger partial charge in [0.05, 0.1) is 6.61 Å². The zero-order valence-corrected chi connectivity index (χ0v) is 12.4. The predicted molar refractivity (Wildman–Crippen MR) is 78.8 cm³/mol. The number of nitrogens with zero attached hydrogens (tertiary/aromatic N) is 2. The van der Waals surface area contributed by atoms with Crippen molar-refractivity contribution < 1.29 is 10.2 Å². The van der Waals surface area contributed by atoms with Crippen LogP contribution in [0.2, 0.25) is 0 Å². The molecule has 0 aromatic heterocycles. The van der Waals surface area contributed by atoms with E-state index in [0.717, 1.165) is 58.5 Å². The Morgan fingerprint density at radius 2 is 1.68 bits per heavy atom. The van der Waals surface area contributed by atoms with Crippen LogP contribution in [-0.2, 0) is 0 Å². The molecular formula is C13H32N4O2.